The fourth-order valence-electron chi connectivity index (χ4n) is 4.01. The van der Waals surface area contributed by atoms with Crippen LogP contribution in [0, 0.1) is 0 Å². The Bertz CT molecular complexity index is 1030. The summed E-state index contributed by atoms with van der Waals surface area (Å²) in [7, 11) is 0. The molecule has 0 radical (unpaired) electrons. The summed E-state index contributed by atoms with van der Waals surface area (Å²) in [6.07, 6.45) is -0.790. The summed E-state index contributed by atoms with van der Waals surface area (Å²) in [6, 6.07) is 8.25. The molecule has 9 heteroatoms. The molecule has 2 N–H and O–H groups in total. The van der Waals surface area contributed by atoms with E-state index in [0.717, 1.165) is 24.0 Å². The lowest BCUT2D eigenvalue weighted by Gasteiger charge is -2.22. The smallest absolute Gasteiger partial charge is 0.422 e. The number of pyridine rings is 1. The highest BCUT2D eigenvalue weighted by Crippen LogP contribution is 2.39. The van der Waals surface area contributed by atoms with Crippen LogP contribution in [-0.4, -0.2) is 29.7 Å². The third kappa shape index (κ3) is 5.42. The maximum atomic E-state index is 12.6. The second-order valence-electron chi connectivity index (χ2n) is 8.16. The van der Waals surface area contributed by atoms with Gasteiger partial charge in [-0.25, -0.2) is 0 Å². The Labute approximate surface area is 181 Å². The maximum absolute atomic E-state index is 12.6. The lowest BCUT2D eigenvalue weighted by atomic mass is 9.88. The van der Waals surface area contributed by atoms with Gasteiger partial charge in [0, 0.05) is 29.6 Å². The summed E-state index contributed by atoms with van der Waals surface area (Å²) < 4.78 is 42.2. The molecule has 2 aromatic rings. The molecule has 31 heavy (non-hydrogen) atoms. The molecule has 2 aliphatic rings. The zero-order chi connectivity index (χ0) is 22.2. The normalized spacial score (nSPS) is 19.9. The van der Waals surface area contributed by atoms with E-state index in [9.17, 15) is 22.8 Å². The molecule has 0 bridgehead atoms. The van der Waals surface area contributed by atoms with E-state index in [-0.39, 0.29) is 34.2 Å². The molecule has 2 atom stereocenters. The SMILES string of the molecule is O=C1CC[C@H](CC(c2ccc(OCC(F)(F)F)c(Cl)c2)c2ccc(C3CC3)c(=O)[nH]2)N1. The van der Waals surface area contributed by atoms with E-state index < -0.39 is 12.8 Å². The second-order valence-corrected chi connectivity index (χ2v) is 8.56. The molecule has 166 valence electrons. The number of ether oxygens (including phenoxy) is 1. The van der Waals surface area contributed by atoms with Crippen LogP contribution in [0.3, 0.4) is 0 Å². The Morgan fingerprint density at radius 3 is 2.48 bits per heavy atom. The Hall–Kier alpha value is -2.48. The van der Waals surface area contributed by atoms with E-state index in [1.807, 2.05) is 12.1 Å². The van der Waals surface area contributed by atoms with Crippen molar-refractivity contribution >= 4 is 17.5 Å². The number of aromatic nitrogens is 1. The Morgan fingerprint density at radius 2 is 1.90 bits per heavy atom. The van der Waals surface area contributed by atoms with Crippen LogP contribution in [0.1, 0.15) is 60.8 Å². The summed E-state index contributed by atoms with van der Waals surface area (Å²) in [5, 5.41) is 2.98. The van der Waals surface area contributed by atoms with Crippen molar-refractivity contribution in [3.63, 3.8) is 0 Å². The number of hydrogen-bond acceptors (Lipinski definition) is 3. The van der Waals surface area contributed by atoms with Crippen LogP contribution in [-0.2, 0) is 4.79 Å². The van der Waals surface area contributed by atoms with Crippen LogP contribution in [0.4, 0.5) is 13.2 Å². The molecule has 1 saturated heterocycles. The molecule has 1 aromatic carbocycles. The Kier molecular flexibility index (Phi) is 6.01. The predicted octanol–water partition coefficient (Wildman–Crippen LogP) is 4.65. The minimum atomic E-state index is -4.46. The van der Waals surface area contributed by atoms with Crippen LogP contribution in [0.2, 0.25) is 5.02 Å². The number of amides is 1. The fraction of sp³-hybridized carbons (Fsp3) is 0.455. The van der Waals surface area contributed by atoms with Gasteiger partial charge < -0.3 is 15.0 Å². The number of hydrogen-bond donors (Lipinski definition) is 2. The molecule has 1 aromatic heterocycles. The molecule has 0 spiro atoms. The zero-order valence-corrected chi connectivity index (χ0v) is 17.4. The number of benzene rings is 1. The van der Waals surface area contributed by atoms with E-state index in [4.69, 9.17) is 16.3 Å². The third-order valence-electron chi connectivity index (χ3n) is 5.71. The molecule has 1 aliphatic carbocycles. The highest BCUT2D eigenvalue weighted by molar-refractivity contribution is 6.32. The number of carbonyl (C=O) groups excluding carboxylic acids is 1. The standard InChI is InChI=1S/C22H22ClF3N2O3/c23-17-9-13(3-7-19(17)31-11-22(24,25)26)16(10-14-4-8-20(29)27-14)18-6-5-15(12-1-2-12)21(30)28-18/h3,5-7,9,12,14,16H,1-2,4,8,10-11H2,(H,27,29)(H,28,30)/t14-,16?/m1/s1. The van der Waals surface area contributed by atoms with Crippen molar-refractivity contribution in [1.29, 1.82) is 0 Å². The summed E-state index contributed by atoms with van der Waals surface area (Å²) in [5.41, 5.74) is 2.04. The summed E-state index contributed by atoms with van der Waals surface area (Å²) in [4.78, 5) is 27.2. The van der Waals surface area contributed by atoms with Gasteiger partial charge in [0.2, 0.25) is 5.91 Å². The zero-order valence-electron chi connectivity index (χ0n) is 16.6. The predicted molar refractivity (Wildman–Crippen MR) is 110 cm³/mol. The van der Waals surface area contributed by atoms with Crippen molar-refractivity contribution in [2.45, 2.75) is 56.2 Å². The number of alkyl halides is 3. The Morgan fingerprint density at radius 1 is 1.13 bits per heavy atom. The lowest BCUT2D eigenvalue weighted by molar-refractivity contribution is -0.153. The fourth-order valence-corrected chi connectivity index (χ4v) is 4.25. The Balaban J connectivity index is 1.62. The molecule has 1 amide bonds. The molecule has 1 aliphatic heterocycles. The van der Waals surface area contributed by atoms with E-state index in [1.165, 1.54) is 6.07 Å². The van der Waals surface area contributed by atoms with Gasteiger partial charge in [0.1, 0.15) is 5.75 Å². The largest absolute Gasteiger partial charge is 0.483 e. The van der Waals surface area contributed by atoms with Crippen LogP contribution in [0.15, 0.2) is 35.1 Å². The third-order valence-corrected chi connectivity index (χ3v) is 6.01. The van der Waals surface area contributed by atoms with Crippen LogP contribution in [0.25, 0.3) is 0 Å². The first-order valence-corrected chi connectivity index (χ1v) is 10.6. The van der Waals surface area contributed by atoms with Gasteiger partial charge in [0.25, 0.3) is 5.56 Å². The number of H-pyrrole nitrogens is 1. The molecule has 1 unspecified atom stereocenters. The van der Waals surface area contributed by atoms with E-state index in [2.05, 4.69) is 10.3 Å². The summed E-state index contributed by atoms with van der Waals surface area (Å²) in [6.45, 7) is -1.43. The molecule has 5 nitrogen and oxygen atoms in total. The van der Waals surface area contributed by atoms with Crippen molar-refractivity contribution in [1.82, 2.24) is 10.3 Å². The van der Waals surface area contributed by atoms with Crippen molar-refractivity contribution in [2.24, 2.45) is 0 Å². The van der Waals surface area contributed by atoms with Crippen LogP contribution >= 0.6 is 11.6 Å². The van der Waals surface area contributed by atoms with Gasteiger partial charge in [-0.2, -0.15) is 13.2 Å². The summed E-state index contributed by atoms with van der Waals surface area (Å²) in [5.74, 6) is -0.0631. The highest BCUT2D eigenvalue weighted by atomic mass is 35.5. The van der Waals surface area contributed by atoms with Crippen molar-refractivity contribution in [2.75, 3.05) is 6.61 Å². The van der Waals surface area contributed by atoms with Gasteiger partial charge in [0.15, 0.2) is 6.61 Å². The number of aromatic amines is 1. The first kappa shape index (κ1) is 21.7. The van der Waals surface area contributed by atoms with Crippen molar-refractivity contribution in [3.05, 3.63) is 62.5 Å². The van der Waals surface area contributed by atoms with Crippen LogP contribution < -0.4 is 15.6 Å². The van der Waals surface area contributed by atoms with Gasteiger partial charge in [-0.05, 0) is 55.4 Å². The van der Waals surface area contributed by atoms with Gasteiger partial charge in [-0.1, -0.05) is 23.7 Å². The average molecular weight is 455 g/mol. The number of rotatable bonds is 7. The first-order valence-electron chi connectivity index (χ1n) is 10.2. The van der Waals surface area contributed by atoms with E-state index >= 15 is 0 Å². The molecule has 4 rings (SSSR count). The van der Waals surface area contributed by atoms with Crippen LogP contribution in [0.5, 0.6) is 5.75 Å². The van der Waals surface area contributed by atoms with E-state index in [1.54, 1.807) is 12.1 Å². The first-order chi connectivity index (χ1) is 14.7. The quantitative estimate of drug-likeness (QED) is 0.640. The van der Waals surface area contributed by atoms with Crippen molar-refractivity contribution in [3.8, 4) is 5.75 Å². The number of halogens is 4. The lowest BCUT2D eigenvalue weighted by Crippen LogP contribution is -2.28. The van der Waals surface area contributed by atoms with Gasteiger partial charge in [-0.15, -0.1) is 0 Å². The second kappa shape index (κ2) is 8.57. The van der Waals surface area contributed by atoms with Crippen molar-refractivity contribution < 1.29 is 22.7 Å². The molecule has 1 saturated carbocycles. The average Bonchev–Trinajstić information content (AvgIpc) is 3.45. The van der Waals surface area contributed by atoms with E-state index in [0.29, 0.717) is 30.9 Å². The van der Waals surface area contributed by atoms with Gasteiger partial charge >= 0.3 is 6.18 Å². The van der Waals surface area contributed by atoms with Gasteiger partial charge in [0.05, 0.1) is 5.02 Å². The molecular weight excluding hydrogens is 433 g/mol. The maximum Gasteiger partial charge on any atom is 0.422 e. The highest BCUT2D eigenvalue weighted by Gasteiger charge is 2.31. The molecule has 2 fully saturated rings. The monoisotopic (exact) mass is 454 g/mol. The molecular formula is C22H22ClF3N2O3. The number of carbonyl (C=O) groups is 1. The molecule has 2 heterocycles. The minimum Gasteiger partial charge on any atom is -0.483 e. The topological polar surface area (TPSA) is 71.2 Å². The van der Waals surface area contributed by atoms with Gasteiger partial charge in [-0.3, -0.25) is 9.59 Å². The summed E-state index contributed by atoms with van der Waals surface area (Å²) >= 11 is 6.20. The number of nitrogens with one attached hydrogen (secondary N) is 2. The minimum absolute atomic E-state index is 0.0183.